The van der Waals surface area contributed by atoms with Crippen LogP contribution in [0.25, 0.3) is 0 Å². The van der Waals surface area contributed by atoms with Gasteiger partial charge in [-0.2, -0.15) is 5.10 Å². The van der Waals surface area contributed by atoms with Gasteiger partial charge in [-0.25, -0.2) is 0 Å². The Balaban J connectivity index is 1.84. The number of aromatic nitrogens is 2. The molecule has 0 unspecified atom stereocenters. The van der Waals surface area contributed by atoms with Gasteiger partial charge in [0.15, 0.2) is 5.11 Å². The van der Waals surface area contributed by atoms with E-state index < -0.39 is 0 Å². The molecule has 1 aromatic rings. The summed E-state index contributed by atoms with van der Waals surface area (Å²) in [4.78, 5) is 0. The Bertz CT molecular complexity index is 380. The molecule has 2 rings (SSSR count). The highest BCUT2D eigenvalue weighted by Gasteiger charge is 2.15. The third-order valence-corrected chi connectivity index (χ3v) is 3.30. The minimum absolute atomic E-state index is 0.377. The number of hydrogen-bond acceptors (Lipinski definition) is 2. The van der Waals surface area contributed by atoms with Crippen molar-refractivity contribution in [3.8, 4) is 0 Å². The summed E-state index contributed by atoms with van der Waals surface area (Å²) in [5.74, 6) is 0. The van der Waals surface area contributed by atoms with Gasteiger partial charge in [-0.1, -0.05) is 12.8 Å². The van der Waals surface area contributed by atoms with Gasteiger partial charge in [0.05, 0.1) is 11.9 Å². The van der Waals surface area contributed by atoms with Gasteiger partial charge in [-0.15, -0.1) is 0 Å². The summed E-state index contributed by atoms with van der Waals surface area (Å²) in [5.41, 5.74) is 0.953. The number of hydrogen-bond donors (Lipinski definition) is 2. The summed E-state index contributed by atoms with van der Waals surface area (Å²) >= 11 is 5.29. The topological polar surface area (TPSA) is 41.9 Å². The minimum atomic E-state index is 0.377. The Morgan fingerprint density at radius 1 is 1.47 bits per heavy atom. The molecule has 2 N–H and O–H groups in total. The van der Waals surface area contributed by atoms with E-state index in [4.69, 9.17) is 12.2 Å². The van der Waals surface area contributed by atoms with Crippen molar-refractivity contribution < 1.29 is 0 Å². The van der Waals surface area contributed by atoms with Gasteiger partial charge in [0.25, 0.3) is 0 Å². The zero-order valence-electron chi connectivity index (χ0n) is 10.4. The van der Waals surface area contributed by atoms with Crippen LogP contribution in [0.1, 0.15) is 45.6 Å². The van der Waals surface area contributed by atoms with E-state index in [9.17, 15) is 0 Å². The second-order valence-electron chi connectivity index (χ2n) is 4.88. The maximum Gasteiger partial charge on any atom is 0.171 e. The summed E-state index contributed by atoms with van der Waals surface area (Å²) < 4.78 is 1.92. The first-order valence-corrected chi connectivity index (χ1v) is 6.67. The van der Waals surface area contributed by atoms with Crippen molar-refractivity contribution in [2.24, 2.45) is 0 Å². The fourth-order valence-electron chi connectivity index (χ4n) is 2.11. The lowest BCUT2D eigenvalue weighted by Gasteiger charge is -2.14. The van der Waals surface area contributed by atoms with Crippen LogP contribution in [0.4, 0.5) is 5.69 Å². The molecule has 1 heterocycles. The van der Waals surface area contributed by atoms with E-state index in [0.29, 0.717) is 17.2 Å². The van der Waals surface area contributed by atoms with Crippen LogP contribution in [0.2, 0.25) is 0 Å². The highest BCUT2D eigenvalue weighted by Crippen LogP contribution is 2.18. The van der Waals surface area contributed by atoms with Crippen molar-refractivity contribution in [1.29, 1.82) is 0 Å². The fourth-order valence-corrected chi connectivity index (χ4v) is 2.39. The van der Waals surface area contributed by atoms with Crippen LogP contribution in [0.5, 0.6) is 0 Å². The van der Waals surface area contributed by atoms with Crippen molar-refractivity contribution >= 4 is 23.0 Å². The molecule has 0 spiro atoms. The number of anilines is 1. The summed E-state index contributed by atoms with van der Waals surface area (Å²) in [6.07, 6.45) is 8.87. The lowest BCUT2D eigenvalue weighted by molar-refractivity contribution is 0.532. The van der Waals surface area contributed by atoms with Crippen LogP contribution in [0.3, 0.4) is 0 Å². The zero-order chi connectivity index (χ0) is 12.3. The van der Waals surface area contributed by atoms with Gasteiger partial charge in [0.1, 0.15) is 0 Å². The van der Waals surface area contributed by atoms with Crippen LogP contribution in [0, 0.1) is 0 Å². The second kappa shape index (κ2) is 5.49. The lowest BCUT2D eigenvalue weighted by atomic mass is 10.3. The highest BCUT2D eigenvalue weighted by atomic mass is 32.1. The van der Waals surface area contributed by atoms with Crippen molar-refractivity contribution in [2.75, 3.05) is 5.32 Å². The molecular weight excluding hydrogens is 232 g/mol. The number of rotatable bonds is 3. The van der Waals surface area contributed by atoms with Gasteiger partial charge in [0, 0.05) is 18.3 Å². The molecule has 1 aliphatic carbocycles. The van der Waals surface area contributed by atoms with Crippen LogP contribution in [-0.2, 0) is 0 Å². The third-order valence-electron chi connectivity index (χ3n) is 3.08. The molecular formula is C12H20N4S. The van der Waals surface area contributed by atoms with Crippen LogP contribution in [-0.4, -0.2) is 20.9 Å². The molecule has 1 fully saturated rings. The van der Waals surface area contributed by atoms with Crippen molar-refractivity contribution in [1.82, 2.24) is 15.1 Å². The van der Waals surface area contributed by atoms with E-state index in [1.54, 1.807) is 0 Å². The predicted octanol–water partition coefficient (Wildman–Crippen LogP) is 2.69. The van der Waals surface area contributed by atoms with Crippen molar-refractivity contribution in [3.63, 3.8) is 0 Å². The van der Waals surface area contributed by atoms with E-state index >= 15 is 0 Å². The molecule has 4 nitrogen and oxygen atoms in total. The van der Waals surface area contributed by atoms with E-state index in [0.717, 1.165) is 5.69 Å². The van der Waals surface area contributed by atoms with E-state index in [1.165, 1.54) is 25.7 Å². The molecule has 94 valence electrons. The Kier molecular flexibility index (Phi) is 3.99. The number of nitrogens with one attached hydrogen (secondary N) is 2. The molecule has 0 saturated heterocycles. The summed E-state index contributed by atoms with van der Waals surface area (Å²) in [7, 11) is 0. The molecule has 0 atom stereocenters. The van der Waals surface area contributed by atoms with E-state index in [2.05, 4.69) is 29.6 Å². The SMILES string of the molecule is CC(C)n1cc(NC(=S)NC2CCCC2)cn1. The fraction of sp³-hybridized carbons (Fsp3) is 0.667. The predicted molar refractivity (Wildman–Crippen MR) is 74.2 cm³/mol. The Hall–Kier alpha value is -1.10. The molecule has 1 saturated carbocycles. The highest BCUT2D eigenvalue weighted by molar-refractivity contribution is 7.80. The zero-order valence-corrected chi connectivity index (χ0v) is 11.3. The van der Waals surface area contributed by atoms with Gasteiger partial charge < -0.3 is 10.6 Å². The molecule has 17 heavy (non-hydrogen) atoms. The largest absolute Gasteiger partial charge is 0.360 e. The Morgan fingerprint density at radius 2 is 2.18 bits per heavy atom. The number of nitrogens with zero attached hydrogens (tertiary/aromatic N) is 2. The monoisotopic (exact) mass is 252 g/mol. The smallest absolute Gasteiger partial charge is 0.171 e. The normalized spacial score (nSPS) is 16.4. The first-order valence-electron chi connectivity index (χ1n) is 6.27. The summed E-state index contributed by atoms with van der Waals surface area (Å²) in [6, 6.07) is 0.928. The van der Waals surface area contributed by atoms with Crippen molar-refractivity contribution in [3.05, 3.63) is 12.4 Å². The number of thiocarbonyl (C=S) groups is 1. The van der Waals surface area contributed by atoms with Gasteiger partial charge >= 0.3 is 0 Å². The Labute approximate surface area is 108 Å². The average Bonchev–Trinajstić information content (AvgIpc) is 2.88. The lowest BCUT2D eigenvalue weighted by Crippen LogP contribution is -2.35. The summed E-state index contributed by atoms with van der Waals surface area (Å²) in [6.45, 7) is 4.21. The van der Waals surface area contributed by atoms with Crippen LogP contribution < -0.4 is 10.6 Å². The van der Waals surface area contributed by atoms with Crippen LogP contribution >= 0.6 is 12.2 Å². The molecule has 5 heteroatoms. The Morgan fingerprint density at radius 3 is 2.76 bits per heavy atom. The van der Waals surface area contributed by atoms with E-state index in [1.807, 2.05) is 17.1 Å². The molecule has 0 aromatic carbocycles. The third kappa shape index (κ3) is 3.43. The molecule has 0 aliphatic heterocycles. The maximum absolute atomic E-state index is 5.29. The van der Waals surface area contributed by atoms with Gasteiger partial charge in [-0.3, -0.25) is 4.68 Å². The quantitative estimate of drug-likeness (QED) is 0.812. The van der Waals surface area contributed by atoms with Crippen molar-refractivity contribution in [2.45, 2.75) is 51.6 Å². The van der Waals surface area contributed by atoms with Crippen LogP contribution in [0.15, 0.2) is 12.4 Å². The second-order valence-corrected chi connectivity index (χ2v) is 5.29. The molecule has 1 aliphatic rings. The molecule has 1 aromatic heterocycles. The molecule has 0 bridgehead atoms. The molecule has 0 amide bonds. The standard InChI is InChI=1S/C12H20N4S/c1-9(2)16-8-11(7-13-16)15-12(17)14-10-5-3-4-6-10/h7-10H,3-6H2,1-2H3,(H2,14,15,17). The summed E-state index contributed by atoms with van der Waals surface area (Å²) in [5, 5.41) is 11.5. The van der Waals surface area contributed by atoms with E-state index in [-0.39, 0.29) is 0 Å². The minimum Gasteiger partial charge on any atom is -0.360 e. The maximum atomic E-state index is 5.29. The average molecular weight is 252 g/mol. The first kappa shape index (κ1) is 12.4. The van der Waals surface area contributed by atoms with Gasteiger partial charge in [0.2, 0.25) is 0 Å². The molecule has 0 radical (unpaired) electrons. The first-order chi connectivity index (χ1) is 8.15. The van der Waals surface area contributed by atoms with Gasteiger partial charge in [-0.05, 0) is 38.9 Å².